The Balaban J connectivity index is 1.79. The highest BCUT2D eigenvalue weighted by molar-refractivity contribution is 5.97. The second-order valence-corrected chi connectivity index (χ2v) is 6.10. The predicted molar refractivity (Wildman–Crippen MR) is 93.2 cm³/mol. The molecule has 2 N–H and O–H groups in total. The minimum absolute atomic E-state index is 0.198. The number of nitrogens with zero attached hydrogens (tertiary/aromatic N) is 3. The largest absolute Gasteiger partial charge is 0.351 e. The van der Waals surface area contributed by atoms with E-state index < -0.39 is 0 Å². The predicted octanol–water partition coefficient (Wildman–Crippen LogP) is 1.68. The van der Waals surface area contributed by atoms with Crippen molar-refractivity contribution in [3.05, 3.63) is 47.3 Å². The van der Waals surface area contributed by atoms with Crippen LogP contribution in [0, 0.1) is 0 Å². The van der Waals surface area contributed by atoms with Crippen molar-refractivity contribution < 1.29 is 9.59 Å². The maximum Gasteiger partial charge on any atom is 0.287 e. The number of hydrogen-bond donors (Lipinski definition) is 2. The zero-order chi connectivity index (χ0) is 17.6. The summed E-state index contributed by atoms with van der Waals surface area (Å²) in [4.78, 5) is 33.5. The minimum atomic E-state index is -0.275. The Labute approximate surface area is 146 Å². The molecule has 3 heterocycles. The topological polar surface area (TPSA) is 88.9 Å². The molecule has 0 atom stereocenters. The standard InChI is InChI=1S/C18H23N5O2/c1-2-9-20-17(24)15-14-8-4-6-11-23(14)16(22-15)18(25)21-12-13-7-3-5-10-19-13/h3,5,7,10H,2,4,6,8-9,11-12H2,1H3,(H,20,24)(H,21,25). The van der Waals surface area contributed by atoms with E-state index in [4.69, 9.17) is 0 Å². The lowest BCUT2D eigenvalue weighted by molar-refractivity contribution is 0.0934. The van der Waals surface area contributed by atoms with E-state index in [1.807, 2.05) is 29.7 Å². The molecule has 0 radical (unpaired) electrons. The molecule has 0 spiro atoms. The molecule has 2 amide bonds. The molecule has 0 aliphatic carbocycles. The normalized spacial score (nSPS) is 13.2. The van der Waals surface area contributed by atoms with Gasteiger partial charge in [-0.1, -0.05) is 13.0 Å². The van der Waals surface area contributed by atoms with Gasteiger partial charge < -0.3 is 15.2 Å². The highest BCUT2D eigenvalue weighted by Crippen LogP contribution is 2.21. The lowest BCUT2D eigenvalue weighted by Crippen LogP contribution is -2.27. The second kappa shape index (κ2) is 7.92. The molecule has 7 nitrogen and oxygen atoms in total. The number of aromatic nitrogens is 3. The summed E-state index contributed by atoms with van der Waals surface area (Å²) in [7, 11) is 0. The molecule has 0 saturated carbocycles. The van der Waals surface area contributed by atoms with Gasteiger partial charge in [0.15, 0.2) is 5.82 Å². The van der Waals surface area contributed by atoms with Crippen LogP contribution >= 0.6 is 0 Å². The summed E-state index contributed by atoms with van der Waals surface area (Å²) < 4.78 is 1.89. The van der Waals surface area contributed by atoms with Crippen molar-refractivity contribution in [1.82, 2.24) is 25.2 Å². The van der Waals surface area contributed by atoms with E-state index in [1.54, 1.807) is 6.20 Å². The number of carbonyl (C=O) groups excluding carboxylic acids is 2. The first kappa shape index (κ1) is 17.1. The Kier molecular flexibility index (Phi) is 5.42. The fraction of sp³-hybridized carbons (Fsp3) is 0.444. The van der Waals surface area contributed by atoms with Crippen LogP contribution in [0.4, 0.5) is 0 Å². The van der Waals surface area contributed by atoms with Crippen LogP contribution in [0.3, 0.4) is 0 Å². The zero-order valence-corrected chi connectivity index (χ0v) is 14.4. The molecule has 2 aromatic heterocycles. The van der Waals surface area contributed by atoms with Crippen LogP contribution in [-0.4, -0.2) is 32.9 Å². The summed E-state index contributed by atoms with van der Waals surface area (Å²) in [6.45, 7) is 3.65. The fourth-order valence-electron chi connectivity index (χ4n) is 2.97. The maximum absolute atomic E-state index is 12.6. The first-order valence-electron chi connectivity index (χ1n) is 8.76. The molecule has 3 rings (SSSR count). The van der Waals surface area contributed by atoms with Gasteiger partial charge in [0, 0.05) is 19.3 Å². The van der Waals surface area contributed by atoms with Crippen molar-refractivity contribution in [3.8, 4) is 0 Å². The van der Waals surface area contributed by atoms with E-state index in [2.05, 4.69) is 20.6 Å². The fourth-order valence-corrected chi connectivity index (χ4v) is 2.97. The number of amides is 2. The number of carbonyl (C=O) groups is 2. The molecule has 0 fully saturated rings. The lowest BCUT2D eigenvalue weighted by atomic mass is 10.1. The van der Waals surface area contributed by atoms with Crippen LogP contribution in [0.2, 0.25) is 0 Å². The summed E-state index contributed by atoms with van der Waals surface area (Å²) in [6, 6.07) is 5.56. The van der Waals surface area contributed by atoms with Crippen LogP contribution < -0.4 is 10.6 Å². The van der Waals surface area contributed by atoms with Crippen molar-refractivity contribution in [3.63, 3.8) is 0 Å². The molecule has 0 bridgehead atoms. The highest BCUT2D eigenvalue weighted by atomic mass is 16.2. The molecule has 1 aliphatic heterocycles. The Morgan fingerprint density at radius 2 is 2.08 bits per heavy atom. The van der Waals surface area contributed by atoms with Gasteiger partial charge in [-0.15, -0.1) is 0 Å². The number of pyridine rings is 1. The van der Waals surface area contributed by atoms with Crippen molar-refractivity contribution in [2.24, 2.45) is 0 Å². The van der Waals surface area contributed by atoms with Gasteiger partial charge in [0.2, 0.25) is 0 Å². The molecule has 0 unspecified atom stereocenters. The minimum Gasteiger partial charge on any atom is -0.351 e. The van der Waals surface area contributed by atoms with Crippen LogP contribution in [0.5, 0.6) is 0 Å². The molecule has 132 valence electrons. The summed E-state index contributed by atoms with van der Waals surface area (Å²) in [5, 5.41) is 5.70. The van der Waals surface area contributed by atoms with Crippen molar-refractivity contribution in [2.45, 2.75) is 45.7 Å². The van der Waals surface area contributed by atoms with Crippen LogP contribution in [0.1, 0.15) is 58.7 Å². The van der Waals surface area contributed by atoms with Crippen molar-refractivity contribution in [1.29, 1.82) is 0 Å². The molecule has 7 heteroatoms. The van der Waals surface area contributed by atoms with Gasteiger partial charge in [0.05, 0.1) is 17.9 Å². The van der Waals surface area contributed by atoms with Gasteiger partial charge in [0.25, 0.3) is 11.8 Å². The maximum atomic E-state index is 12.6. The number of rotatable bonds is 6. The second-order valence-electron chi connectivity index (χ2n) is 6.10. The summed E-state index contributed by atoms with van der Waals surface area (Å²) in [5.41, 5.74) is 2.03. The average Bonchev–Trinajstić information content (AvgIpc) is 3.05. The van der Waals surface area contributed by atoms with Gasteiger partial charge in [-0.25, -0.2) is 4.98 Å². The van der Waals surface area contributed by atoms with E-state index in [0.717, 1.165) is 43.6 Å². The van der Waals surface area contributed by atoms with Gasteiger partial charge in [0.1, 0.15) is 5.69 Å². The van der Waals surface area contributed by atoms with Crippen molar-refractivity contribution >= 4 is 11.8 Å². The lowest BCUT2D eigenvalue weighted by Gasteiger charge is -2.17. The van der Waals surface area contributed by atoms with Crippen LogP contribution in [0.25, 0.3) is 0 Å². The Morgan fingerprint density at radius 3 is 2.84 bits per heavy atom. The zero-order valence-electron chi connectivity index (χ0n) is 14.4. The molecule has 0 aromatic carbocycles. The van der Waals surface area contributed by atoms with E-state index in [-0.39, 0.29) is 11.8 Å². The Bertz CT molecular complexity index is 754. The number of imidazole rings is 1. The third-order valence-corrected chi connectivity index (χ3v) is 4.23. The van der Waals surface area contributed by atoms with Gasteiger partial charge in [-0.05, 0) is 37.8 Å². The van der Waals surface area contributed by atoms with Crippen LogP contribution in [0.15, 0.2) is 24.4 Å². The Morgan fingerprint density at radius 1 is 1.20 bits per heavy atom. The van der Waals surface area contributed by atoms with E-state index >= 15 is 0 Å². The SMILES string of the molecule is CCCNC(=O)c1nc(C(=O)NCc2ccccn2)n2c1CCCC2. The van der Waals surface area contributed by atoms with Gasteiger partial charge in [-0.2, -0.15) is 0 Å². The van der Waals surface area contributed by atoms with E-state index in [0.29, 0.717) is 24.6 Å². The number of nitrogens with one attached hydrogen (secondary N) is 2. The van der Waals surface area contributed by atoms with Gasteiger partial charge in [-0.3, -0.25) is 14.6 Å². The number of fused-ring (bicyclic) bond motifs is 1. The summed E-state index contributed by atoms with van der Waals surface area (Å²) in [6.07, 6.45) is 5.32. The van der Waals surface area contributed by atoms with Crippen molar-refractivity contribution in [2.75, 3.05) is 6.54 Å². The number of hydrogen-bond acceptors (Lipinski definition) is 4. The molecular formula is C18H23N5O2. The first-order valence-corrected chi connectivity index (χ1v) is 8.76. The summed E-state index contributed by atoms with van der Waals surface area (Å²) >= 11 is 0. The van der Waals surface area contributed by atoms with Gasteiger partial charge >= 0.3 is 0 Å². The quantitative estimate of drug-likeness (QED) is 0.837. The highest BCUT2D eigenvalue weighted by Gasteiger charge is 2.27. The van der Waals surface area contributed by atoms with E-state index in [1.165, 1.54) is 0 Å². The van der Waals surface area contributed by atoms with Crippen LogP contribution in [-0.2, 0) is 19.5 Å². The third kappa shape index (κ3) is 3.87. The molecule has 1 aliphatic rings. The first-order chi connectivity index (χ1) is 12.2. The Hall–Kier alpha value is -2.70. The molecular weight excluding hydrogens is 318 g/mol. The smallest absolute Gasteiger partial charge is 0.287 e. The summed E-state index contributed by atoms with van der Waals surface area (Å²) in [5.74, 6) is -0.160. The monoisotopic (exact) mass is 341 g/mol. The average molecular weight is 341 g/mol. The third-order valence-electron chi connectivity index (χ3n) is 4.23. The molecule has 25 heavy (non-hydrogen) atoms. The molecule has 2 aromatic rings. The van der Waals surface area contributed by atoms with E-state index in [9.17, 15) is 9.59 Å². The molecule has 0 saturated heterocycles.